The van der Waals surface area contributed by atoms with Crippen LogP contribution in [0.1, 0.15) is 65.9 Å². The van der Waals surface area contributed by atoms with Crippen LogP contribution in [0.2, 0.25) is 0 Å². The largest absolute Gasteiger partial charge is 0.360 e. The Labute approximate surface area is 177 Å². The highest BCUT2D eigenvalue weighted by Crippen LogP contribution is 2.40. The third-order valence-electron chi connectivity index (χ3n) is 6.13. The Morgan fingerprint density at radius 2 is 2.00 bits per heavy atom. The molecule has 0 spiro atoms. The minimum atomic E-state index is -0.558. The van der Waals surface area contributed by atoms with E-state index in [4.69, 9.17) is 10.3 Å². The van der Waals surface area contributed by atoms with Crippen molar-refractivity contribution >= 4 is 11.8 Å². The molecule has 2 amide bonds. The Morgan fingerprint density at radius 3 is 2.67 bits per heavy atom. The Kier molecular flexibility index (Phi) is 5.90. The number of carbonyl (C=O) groups excluding carboxylic acids is 2. The first-order chi connectivity index (χ1) is 14.4. The lowest BCUT2D eigenvalue weighted by Crippen LogP contribution is -2.55. The fourth-order valence-corrected chi connectivity index (χ4v) is 4.12. The van der Waals surface area contributed by atoms with E-state index < -0.39 is 6.04 Å². The summed E-state index contributed by atoms with van der Waals surface area (Å²) in [6.45, 7) is 4.63. The van der Waals surface area contributed by atoms with Gasteiger partial charge < -0.3 is 20.5 Å². The summed E-state index contributed by atoms with van der Waals surface area (Å²) >= 11 is 0. The van der Waals surface area contributed by atoms with E-state index in [1.807, 2.05) is 43.0 Å². The molecule has 1 aliphatic carbocycles. The average molecular weight is 411 g/mol. The van der Waals surface area contributed by atoms with Crippen LogP contribution in [-0.2, 0) is 11.2 Å². The predicted molar refractivity (Wildman–Crippen MR) is 113 cm³/mol. The fraction of sp³-hybridized carbons (Fsp3) is 0.522. The van der Waals surface area contributed by atoms with Crippen molar-refractivity contribution in [3.05, 3.63) is 52.9 Å². The molecule has 30 heavy (non-hydrogen) atoms. The standard InChI is InChI=1S/C23H30N4O3/c1-14-3-5-16(6-4-14)12-19(24)23(29)27-10-9-18(11-15(27)2)25-22(28)20-13-21(30-26-20)17-7-8-17/h3-6,13,15,17-19H,7-12,24H2,1-2H3,(H,25,28)/t15-,18?,19-/m0/s1. The van der Waals surface area contributed by atoms with Gasteiger partial charge in [0.2, 0.25) is 5.91 Å². The normalized spacial score (nSPS) is 22.6. The van der Waals surface area contributed by atoms with Gasteiger partial charge in [-0.1, -0.05) is 35.0 Å². The second kappa shape index (κ2) is 8.60. The number of rotatable bonds is 6. The summed E-state index contributed by atoms with van der Waals surface area (Å²) in [7, 11) is 0. The quantitative estimate of drug-likeness (QED) is 0.762. The first-order valence-corrected chi connectivity index (χ1v) is 10.8. The molecule has 0 bridgehead atoms. The molecule has 1 unspecified atom stereocenters. The Bertz CT molecular complexity index is 903. The van der Waals surface area contributed by atoms with Crippen LogP contribution in [0.4, 0.5) is 0 Å². The summed E-state index contributed by atoms with van der Waals surface area (Å²) in [6.07, 6.45) is 4.13. The van der Waals surface area contributed by atoms with Gasteiger partial charge in [0.05, 0.1) is 6.04 Å². The van der Waals surface area contributed by atoms with Gasteiger partial charge in [0.1, 0.15) is 5.76 Å². The van der Waals surface area contributed by atoms with Crippen molar-refractivity contribution in [2.45, 2.75) is 70.0 Å². The number of nitrogens with one attached hydrogen (secondary N) is 1. The first kappa shape index (κ1) is 20.6. The number of likely N-dealkylation sites (tertiary alicyclic amines) is 1. The van der Waals surface area contributed by atoms with Crippen molar-refractivity contribution in [3.8, 4) is 0 Å². The highest BCUT2D eigenvalue weighted by molar-refractivity contribution is 5.92. The van der Waals surface area contributed by atoms with Crippen molar-refractivity contribution in [1.82, 2.24) is 15.4 Å². The maximum Gasteiger partial charge on any atom is 0.273 e. The van der Waals surface area contributed by atoms with Crippen molar-refractivity contribution in [1.29, 1.82) is 0 Å². The number of amides is 2. The number of nitrogens with zero attached hydrogens (tertiary/aromatic N) is 2. The molecule has 7 nitrogen and oxygen atoms in total. The number of nitrogens with two attached hydrogens (primary N) is 1. The summed E-state index contributed by atoms with van der Waals surface area (Å²) in [4.78, 5) is 27.2. The topological polar surface area (TPSA) is 101 Å². The van der Waals surface area contributed by atoms with E-state index in [9.17, 15) is 9.59 Å². The monoisotopic (exact) mass is 410 g/mol. The van der Waals surface area contributed by atoms with Gasteiger partial charge in [-0.25, -0.2) is 0 Å². The maximum absolute atomic E-state index is 12.9. The molecule has 4 rings (SSSR count). The maximum atomic E-state index is 12.9. The second-order valence-electron chi connectivity index (χ2n) is 8.76. The van der Waals surface area contributed by atoms with E-state index in [1.165, 1.54) is 5.56 Å². The summed E-state index contributed by atoms with van der Waals surface area (Å²) in [5, 5.41) is 6.95. The van der Waals surface area contributed by atoms with Gasteiger partial charge in [-0.05, 0) is 51.5 Å². The molecule has 2 aliphatic rings. The number of benzene rings is 1. The molecule has 160 valence electrons. The minimum absolute atomic E-state index is 0.00551. The average Bonchev–Trinajstić information content (AvgIpc) is 3.45. The Morgan fingerprint density at radius 1 is 1.27 bits per heavy atom. The molecule has 3 N–H and O–H groups in total. The highest BCUT2D eigenvalue weighted by Gasteiger charge is 2.33. The van der Waals surface area contributed by atoms with Crippen molar-refractivity contribution < 1.29 is 14.1 Å². The van der Waals surface area contributed by atoms with Gasteiger partial charge in [-0.15, -0.1) is 0 Å². The molecule has 2 heterocycles. The Hall–Kier alpha value is -2.67. The van der Waals surface area contributed by atoms with E-state index >= 15 is 0 Å². The van der Waals surface area contributed by atoms with Gasteiger partial charge in [0.15, 0.2) is 5.69 Å². The van der Waals surface area contributed by atoms with Crippen molar-refractivity contribution in [2.24, 2.45) is 5.73 Å². The molecule has 1 saturated heterocycles. The third-order valence-corrected chi connectivity index (χ3v) is 6.13. The van der Waals surface area contributed by atoms with E-state index in [0.717, 1.165) is 24.2 Å². The molecular weight excluding hydrogens is 380 g/mol. The van der Waals surface area contributed by atoms with Crippen LogP contribution in [0.3, 0.4) is 0 Å². The third kappa shape index (κ3) is 4.73. The van der Waals surface area contributed by atoms with E-state index in [1.54, 1.807) is 6.07 Å². The van der Waals surface area contributed by atoms with E-state index in [0.29, 0.717) is 37.4 Å². The number of aryl methyl sites for hydroxylation is 1. The first-order valence-electron chi connectivity index (χ1n) is 10.8. The lowest BCUT2D eigenvalue weighted by molar-refractivity contribution is -0.136. The molecule has 2 aromatic rings. The summed E-state index contributed by atoms with van der Waals surface area (Å²) in [5.74, 6) is 0.992. The van der Waals surface area contributed by atoms with Crippen LogP contribution in [-0.4, -0.2) is 46.5 Å². The number of carbonyl (C=O) groups is 2. The molecule has 7 heteroatoms. The lowest BCUT2D eigenvalue weighted by atomic mass is 9.96. The zero-order valence-electron chi connectivity index (χ0n) is 17.6. The van der Waals surface area contributed by atoms with E-state index in [2.05, 4.69) is 10.5 Å². The summed E-state index contributed by atoms with van der Waals surface area (Å²) in [5.41, 5.74) is 8.81. The zero-order chi connectivity index (χ0) is 21.3. The lowest BCUT2D eigenvalue weighted by Gasteiger charge is -2.39. The van der Waals surface area contributed by atoms with Crippen molar-refractivity contribution in [3.63, 3.8) is 0 Å². The van der Waals surface area contributed by atoms with Gasteiger partial charge in [0, 0.05) is 30.6 Å². The van der Waals surface area contributed by atoms with Crippen LogP contribution < -0.4 is 11.1 Å². The molecular formula is C23H30N4O3. The number of piperidine rings is 1. The number of hydrogen-bond acceptors (Lipinski definition) is 5. The molecule has 1 saturated carbocycles. The molecule has 1 aromatic heterocycles. The van der Waals surface area contributed by atoms with Crippen LogP contribution >= 0.6 is 0 Å². The van der Waals surface area contributed by atoms with Gasteiger partial charge >= 0.3 is 0 Å². The molecule has 3 atom stereocenters. The molecule has 0 radical (unpaired) electrons. The molecule has 1 aliphatic heterocycles. The van der Waals surface area contributed by atoms with Gasteiger partial charge in [-0.2, -0.15) is 0 Å². The van der Waals surface area contributed by atoms with Crippen LogP contribution in [0.15, 0.2) is 34.9 Å². The smallest absolute Gasteiger partial charge is 0.273 e. The number of hydrogen-bond donors (Lipinski definition) is 2. The van der Waals surface area contributed by atoms with Gasteiger partial charge in [-0.3, -0.25) is 9.59 Å². The molecule has 2 fully saturated rings. The van der Waals surface area contributed by atoms with Crippen LogP contribution in [0.5, 0.6) is 0 Å². The SMILES string of the molecule is Cc1ccc(C[C@H](N)C(=O)N2CCC(NC(=O)c3cc(C4CC4)on3)C[C@@H]2C)cc1. The van der Waals surface area contributed by atoms with E-state index in [-0.39, 0.29) is 23.9 Å². The van der Waals surface area contributed by atoms with Gasteiger partial charge in [0.25, 0.3) is 5.91 Å². The number of aromatic nitrogens is 1. The second-order valence-corrected chi connectivity index (χ2v) is 8.76. The fourth-order valence-electron chi connectivity index (χ4n) is 4.12. The van der Waals surface area contributed by atoms with Crippen molar-refractivity contribution in [2.75, 3.05) is 6.54 Å². The predicted octanol–water partition coefficient (Wildman–Crippen LogP) is 2.54. The highest BCUT2D eigenvalue weighted by atomic mass is 16.5. The van der Waals surface area contributed by atoms with Crippen LogP contribution in [0, 0.1) is 6.92 Å². The minimum Gasteiger partial charge on any atom is -0.360 e. The van der Waals surface area contributed by atoms with Crippen LogP contribution in [0.25, 0.3) is 0 Å². The summed E-state index contributed by atoms with van der Waals surface area (Å²) < 4.78 is 5.27. The zero-order valence-corrected chi connectivity index (χ0v) is 17.6. The Balaban J connectivity index is 1.28. The summed E-state index contributed by atoms with van der Waals surface area (Å²) in [6, 6.07) is 9.32. The molecule has 1 aromatic carbocycles.